The average molecular weight is 444 g/mol. The molecule has 0 saturated carbocycles. The van der Waals surface area contributed by atoms with Crippen molar-refractivity contribution in [1.82, 2.24) is 0 Å². The largest absolute Gasteiger partial charge is 0.320 e. The number of benzene rings is 1. The Morgan fingerprint density at radius 1 is 1.12 bits per heavy atom. The van der Waals surface area contributed by atoms with E-state index in [1.165, 1.54) is 17.4 Å². The van der Waals surface area contributed by atoms with Gasteiger partial charge >= 0.3 is 0 Å². The molecule has 6 heteroatoms. The molecule has 1 atom stereocenters. The molecule has 0 radical (unpaired) electrons. The van der Waals surface area contributed by atoms with Crippen molar-refractivity contribution in [2.75, 3.05) is 0 Å². The number of hydrogen-bond donors (Lipinski definition) is 1. The van der Waals surface area contributed by atoms with Crippen LogP contribution in [-0.4, -0.2) is 0 Å². The predicted molar refractivity (Wildman–Crippen MR) is 79.8 cm³/mol. The Labute approximate surface area is 128 Å². The van der Waals surface area contributed by atoms with Gasteiger partial charge in [0.05, 0.1) is 13.6 Å². The van der Waals surface area contributed by atoms with Crippen LogP contribution in [0.15, 0.2) is 36.3 Å². The maximum absolute atomic E-state index is 13.8. The summed E-state index contributed by atoms with van der Waals surface area (Å²) in [5.74, 6) is -0.305. The van der Waals surface area contributed by atoms with Crippen molar-refractivity contribution < 1.29 is 4.39 Å². The van der Waals surface area contributed by atoms with Crippen LogP contribution in [0.4, 0.5) is 4.39 Å². The van der Waals surface area contributed by atoms with Gasteiger partial charge in [0, 0.05) is 10.0 Å². The second-order valence-electron chi connectivity index (χ2n) is 3.42. The first-order chi connectivity index (χ1) is 7.99. The summed E-state index contributed by atoms with van der Waals surface area (Å²) >= 11 is 11.6. The summed E-state index contributed by atoms with van der Waals surface area (Å²) < 4.78 is 16.4. The van der Waals surface area contributed by atoms with Gasteiger partial charge in [0.1, 0.15) is 5.82 Å². The first kappa shape index (κ1) is 13.7. The molecule has 17 heavy (non-hydrogen) atoms. The summed E-state index contributed by atoms with van der Waals surface area (Å²) in [7, 11) is 0. The molecule has 2 N–H and O–H groups in total. The number of thiophene rings is 1. The van der Waals surface area contributed by atoms with E-state index < -0.39 is 6.04 Å². The monoisotopic (exact) mass is 441 g/mol. The second kappa shape index (κ2) is 5.48. The molecule has 2 rings (SSSR count). The van der Waals surface area contributed by atoms with Gasteiger partial charge in [0.2, 0.25) is 0 Å². The van der Waals surface area contributed by atoms with Crippen LogP contribution in [0.3, 0.4) is 0 Å². The highest BCUT2D eigenvalue weighted by molar-refractivity contribution is 9.12. The van der Waals surface area contributed by atoms with Gasteiger partial charge in [-0.1, -0.05) is 22.0 Å². The van der Waals surface area contributed by atoms with E-state index in [4.69, 9.17) is 5.73 Å². The van der Waals surface area contributed by atoms with Crippen LogP contribution in [0.1, 0.15) is 17.2 Å². The van der Waals surface area contributed by atoms with E-state index in [1.807, 2.05) is 6.07 Å². The minimum absolute atomic E-state index is 0.305. The van der Waals surface area contributed by atoms with E-state index in [9.17, 15) is 4.39 Å². The zero-order valence-electron chi connectivity index (χ0n) is 8.38. The summed E-state index contributed by atoms with van der Waals surface area (Å²) in [5.41, 5.74) is 7.45. The van der Waals surface area contributed by atoms with E-state index in [0.29, 0.717) is 10.0 Å². The van der Waals surface area contributed by atoms with Gasteiger partial charge in [-0.15, -0.1) is 11.3 Å². The van der Waals surface area contributed by atoms with E-state index >= 15 is 0 Å². The normalized spacial score (nSPS) is 12.8. The van der Waals surface area contributed by atoms with Crippen LogP contribution in [-0.2, 0) is 0 Å². The fourth-order valence-corrected chi connectivity index (χ4v) is 4.75. The minimum atomic E-state index is -0.472. The Morgan fingerprint density at radius 2 is 1.82 bits per heavy atom. The lowest BCUT2D eigenvalue weighted by Crippen LogP contribution is -2.13. The lowest BCUT2D eigenvalue weighted by atomic mass is 10.0. The van der Waals surface area contributed by atoms with Crippen molar-refractivity contribution in [1.29, 1.82) is 0 Å². The Bertz CT molecular complexity index is 556. The van der Waals surface area contributed by atoms with Crippen molar-refractivity contribution in [3.8, 4) is 0 Å². The fourth-order valence-electron chi connectivity index (χ4n) is 1.49. The van der Waals surface area contributed by atoms with Crippen molar-refractivity contribution >= 4 is 59.1 Å². The molecular weight excluding hydrogens is 437 g/mol. The van der Waals surface area contributed by atoms with Crippen LogP contribution in [0.2, 0.25) is 0 Å². The second-order valence-corrected chi connectivity index (χ2v) is 8.09. The van der Waals surface area contributed by atoms with Crippen LogP contribution >= 0.6 is 59.1 Å². The van der Waals surface area contributed by atoms with E-state index in [0.717, 1.165) is 13.1 Å². The smallest absolute Gasteiger partial charge is 0.129 e. The number of halogens is 4. The third kappa shape index (κ3) is 2.98. The van der Waals surface area contributed by atoms with E-state index in [2.05, 4.69) is 47.8 Å². The highest BCUT2D eigenvalue weighted by Crippen LogP contribution is 2.37. The zero-order chi connectivity index (χ0) is 12.6. The molecule has 2 aromatic rings. The zero-order valence-corrected chi connectivity index (χ0v) is 14.0. The van der Waals surface area contributed by atoms with Crippen LogP contribution < -0.4 is 5.73 Å². The molecule has 0 saturated heterocycles. The quantitative estimate of drug-likeness (QED) is 0.676. The van der Waals surface area contributed by atoms with Crippen molar-refractivity contribution in [3.63, 3.8) is 0 Å². The Hall–Kier alpha value is 0.250. The molecule has 90 valence electrons. The minimum Gasteiger partial charge on any atom is -0.320 e. The molecule has 0 bridgehead atoms. The topological polar surface area (TPSA) is 26.0 Å². The molecule has 1 aromatic carbocycles. The Morgan fingerprint density at radius 3 is 2.35 bits per heavy atom. The Kier molecular flexibility index (Phi) is 4.41. The summed E-state index contributed by atoms with van der Waals surface area (Å²) in [6.45, 7) is 0. The standard InChI is InChI=1S/C11H7Br3FNS/c12-5-1-2-6(8(15)3-5)10(16)7-4-9(13)17-11(7)14/h1-4,10H,16H2. The van der Waals surface area contributed by atoms with E-state index in [1.54, 1.807) is 12.1 Å². The van der Waals surface area contributed by atoms with Gasteiger partial charge in [0.15, 0.2) is 0 Å². The van der Waals surface area contributed by atoms with Gasteiger partial charge in [-0.25, -0.2) is 4.39 Å². The number of rotatable bonds is 2. The van der Waals surface area contributed by atoms with Crippen molar-refractivity contribution in [2.45, 2.75) is 6.04 Å². The molecule has 0 aliphatic heterocycles. The van der Waals surface area contributed by atoms with Crippen molar-refractivity contribution in [2.24, 2.45) is 5.73 Å². The maximum Gasteiger partial charge on any atom is 0.129 e. The van der Waals surface area contributed by atoms with Crippen molar-refractivity contribution in [3.05, 3.63) is 53.3 Å². The molecule has 0 aliphatic carbocycles. The van der Waals surface area contributed by atoms with E-state index in [-0.39, 0.29) is 5.82 Å². The molecule has 1 unspecified atom stereocenters. The third-order valence-electron chi connectivity index (χ3n) is 2.32. The van der Waals surface area contributed by atoms with Gasteiger partial charge in [-0.3, -0.25) is 0 Å². The van der Waals surface area contributed by atoms with Crippen LogP contribution in [0.25, 0.3) is 0 Å². The summed E-state index contributed by atoms with van der Waals surface area (Å²) in [6.07, 6.45) is 0. The van der Waals surface area contributed by atoms with Gasteiger partial charge in [-0.2, -0.15) is 0 Å². The summed E-state index contributed by atoms with van der Waals surface area (Å²) in [5, 5.41) is 0. The highest BCUT2D eigenvalue weighted by Gasteiger charge is 2.18. The average Bonchev–Trinajstić information content (AvgIpc) is 2.57. The fraction of sp³-hybridized carbons (Fsp3) is 0.0909. The summed E-state index contributed by atoms with van der Waals surface area (Å²) in [4.78, 5) is 0. The lowest BCUT2D eigenvalue weighted by Gasteiger charge is -2.12. The SMILES string of the molecule is NC(c1ccc(Br)cc1F)c1cc(Br)sc1Br. The molecule has 0 aliphatic rings. The first-order valence-electron chi connectivity index (χ1n) is 4.64. The van der Waals surface area contributed by atoms with Gasteiger partial charge < -0.3 is 5.73 Å². The number of hydrogen-bond acceptors (Lipinski definition) is 2. The Balaban J connectivity index is 2.43. The first-order valence-corrected chi connectivity index (χ1v) is 7.84. The highest BCUT2D eigenvalue weighted by atomic mass is 79.9. The lowest BCUT2D eigenvalue weighted by molar-refractivity contribution is 0.599. The van der Waals surface area contributed by atoms with Gasteiger partial charge in [-0.05, 0) is 55.6 Å². The van der Waals surface area contributed by atoms with Crippen LogP contribution in [0.5, 0.6) is 0 Å². The molecule has 0 fully saturated rings. The molecule has 0 spiro atoms. The molecule has 1 aromatic heterocycles. The molecule has 0 amide bonds. The van der Waals surface area contributed by atoms with Gasteiger partial charge in [0.25, 0.3) is 0 Å². The molecule has 1 nitrogen and oxygen atoms in total. The molecule has 1 heterocycles. The number of nitrogens with two attached hydrogens (primary N) is 1. The summed E-state index contributed by atoms with van der Waals surface area (Å²) in [6, 6.07) is 6.33. The third-order valence-corrected chi connectivity index (χ3v) is 5.19. The maximum atomic E-state index is 13.8. The predicted octanol–water partition coefficient (Wildman–Crippen LogP) is 5.22. The van der Waals surface area contributed by atoms with Crippen LogP contribution in [0, 0.1) is 5.82 Å². The molecular formula is C11H7Br3FNS.